The molecule has 0 aliphatic carbocycles. The zero-order chi connectivity index (χ0) is 18.4. The van der Waals surface area contributed by atoms with E-state index in [-0.39, 0.29) is 11.7 Å². The Morgan fingerprint density at radius 3 is 2.16 bits per heavy atom. The number of nitrogens with one attached hydrogen (secondary N) is 1. The Kier molecular flexibility index (Phi) is 6.27. The number of hydrogen-bond acceptors (Lipinski definition) is 3. The van der Waals surface area contributed by atoms with Crippen LogP contribution < -0.4 is 4.72 Å². The summed E-state index contributed by atoms with van der Waals surface area (Å²) < 4.78 is 37.4. The summed E-state index contributed by atoms with van der Waals surface area (Å²) in [4.78, 5) is 14.0. The molecule has 0 aliphatic rings. The number of rotatable bonds is 7. The van der Waals surface area contributed by atoms with Gasteiger partial charge >= 0.3 is 0 Å². The van der Waals surface area contributed by atoms with E-state index in [0.29, 0.717) is 25.1 Å². The minimum atomic E-state index is -3.19. The van der Waals surface area contributed by atoms with E-state index in [1.165, 1.54) is 12.1 Å². The summed E-state index contributed by atoms with van der Waals surface area (Å²) in [5, 5.41) is 0. The second-order valence-corrected chi connectivity index (χ2v) is 7.73. The number of nitrogens with zero attached hydrogens (tertiary/aromatic N) is 1. The van der Waals surface area contributed by atoms with E-state index in [1.807, 2.05) is 12.1 Å². The van der Waals surface area contributed by atoms with Gasteiger partial charge in [-0.2, -0.15) is 0 Å². The van der Waals surface area contributed by atoms with Gasteiger partial charge < -0.3 is 4.90 Å². The van der Waals surface area contributed by atoms with Crippen molar-refractivity contribution in [2.75, 3.05) is 19.8 Å². The lowest BCUT2D eigenvalue weighted by Crippen LogP contribution is -2.26. The van der Waals surface area contributed by atoms with Crippen molar-refractivity contribution in [3.63, 3.8) is 0 Å². The van der Waals surface area contributed by atoms with E-state index < -0.39 is 10.0 Å². The van der Waals surface area contributed by atoms with Gasteiger partial charge in [0.15, 0.2) is 0 Å². The molecule has 134 valence electrons. The Labute approximate surface area is 147 Å². The van der Waals surface area contributed by atoms with Gasteiger partial charge in [-0.1, -0.05) is 24.3 Å². The molecule has 0 fully saturated rings. The molecule has 0 aliphatic heterocycles. The molecule has 0 unspecified atom stereocenters. The molecule has 5 nitrogen and oxygen atoms in total. The lowest BCUT2D eigenvalue weighted by Gasteiger charge is -2.17. The third-order valence-electron chi connectivity index (χ3n) is 3.66. The molecule has 0 saturated carbocycles. The summed E-state index contributed by atoms with van der Waals surface area (Å²) in [6.45, 7) is 0.704. The van der Waals surface area contributed by atoms with Crippen LogP contribution in [0.4, 0.5) is 4.39 Å². The van der Waals surface area contributed by atoms with Gasteiger partial charge in [0.2, 0.25) is 10.0 Å². The molecule has 1 N–H and O–H groups in total. The van der Waals surface area contributed by atoms with E-state index in [4.69, 9.17) is 0 Å². The maximum atomic E-state index is 12.9. The summed E-state index contributed by atoms with van der Waals surface area (Å²) in [5.41, 5.74) is 2.33. The number of amides is 1. The Balaban J connectivity index is 1.93. The molecule has 7 heteroatoms. The Morgan fingerprint density at radius 1 is 1.04 bits per heavy atom. The molecule has 1 amide bonds. The maximum absolute atomic E-state index is 12.9. The Bertz CT molecular complexity index is 818. The van der Waals surface area contributed by atoms with Crippen LogP contribution in [0.5, 0.6) is 0 Å². The van der Waals surface area contributed by atoms with Crippen LogP contribution in [0.3, 0.4) is 0 Å². The second-order valence-electron chi connectivity index (χ2n) is 5.90. The molecule has 0 radical (unpaired) electrons. The number of carbonyl (C=O) groups is 1. The molecule has 2 rings (SSSR count). The zero-order valence-corrected chi connectivity index (χ0v) is 15.0. The molecule has 0 heterocycles. The summed E-state index contributed by atoms with van der Waals surface area (Å²) in [6.07, 6.45) is 1.67. The van der Waals surface area contributed by atoms with E-state index in [9.17, 15) is 17.6 Å². The monoisotopic (exact) mass is 364 g/mol. The van der Waals surface area contributed by atoms with Gasteiger partial charge in [-0.3, -0.25) is 4.79 Å². The van der Waals surface area contributed by atoms with Crippen LogP contribution in [0.2, 0.25) is 0 Å². The molecular formula is C18H21FN2O3S. The molecule has 25 heavy (non-hydrogen) atoms. The van der Waals surface area contributed by atoms with Crippen molar-refractivity contribution in [3.8, 4) is 0 Å². The van der Waals surface area contributed by atoms with Gasteiger partial charge in [-0.15, -0.1) is 0 Å². The molecule has 2 aromatic rings. The van der Waals surface area contributed by atoms with Gasteiger partial charge in [-0.25, -0.2) is 17.5 Å². The smallest absolute Gasteiger partial charge is 0.253 e. The first-order valence-electron chi connectivity index (χ1n) is 7.78. The summed E-state index contributed by atoms with van der Waals surface area (Å²) in [5.74, 6) is -0.441. The fourth-order valence-electron chi connectivity index (χ4n) is 2.35. The van der Waals surface area contributed by atoms with Crippen molar-refractivity contribution < 1.29 is 17.6 Å². The summed E-state index contributed by atoms with van der Waals surface area (Å²) in [6, 6.07) is 13.1. The van der Waals surface area contributed by atoms with Crippen molar-refractivity contribution >= 4 is 15.9 Å². The van der Waals surface area contributed by atoms with E-state index in [2.05, 4.69) is 4.72 Å². The highest BCUT2D eigenvalue weighted by atomic mass is 32.2. The first-order chi connectivity index (χ1) is 11.7. The second kappa shape index (κ2) is 8.22. The molecule has 0 bridgehead atoms. The average molecular weight is 364 g/mol. The number of carbonyl (C=O) groups excluding carboxylic acids is 1. The van der Waals surface area contributed by atoms with Gasteiger partial charge in [-0.05, 0) is 41.8 Å². The fraction of sp³-hybridized carbons (Fsp3) is 0.278. The fourth-order valence-corrected chi connectivity index (χ4v) is 2.82. The van der Waals surface area contributed by atoms with Crippen molar-refractivity contribution in [1.82, 2.24) is 9.62 Å². The van der Waals surface area contributed by atoms with Gasteiger partial charge in [0.1, 0.15) is 5.82 Å². The summed E-state index contributed by atoms with van der Waals surface area (Å²) in [7, 11) is -1.50. The molecule has 2 aromatic carbocycles. The SMILES string of the molecule is CN(Cc1ccc(F)cc1)C(=O)c1ccc(CCNS(C)(=O)=O)cc1. The molecule has 0 atom stereocenters. The van der Waals surface area contributed by atoms with Gasteiger partial charge in [0.05, 0.1) is 6.26 Å². The van der Waals surface area contributed by atoms with Crippen LogP contribution in [0, 0.1) is 5.82 Å². The molecule has 0 aromatic heterocycles. The lowest BCUT2D eigenvalue weighted by atomic mass is 10.1. The average Bonchev–Trinajstić information content (AvgIpc) is 2.56. The van der Waals surface area contributed by atoms with Crippen molar-refractivity contribution in [1.29, 1.82) is 0 Å². The van der Waals surface area contributed by atoms with E-state index >= 15 is 0 Å². The van der Waals surface area contributed by atoms with Crippen molar-refractivity contribution in [3.05, 3.63) is 71.0 Å². The van der Waals surface area contributed by atoms with Crippen LogP contribution in [0.25, 0.3) is 0 Å². The molecule has 0 saturated heterocycles. The summed E-state index contributed by atoms with van der Waals surface area (Å²) >= 11 is 0. The van der Waals surface area contributed by atoms with E-state index in [0.717, 1.165) is 17.4 Å². The van der Waals surface area contributed by atoms with Gasteiger partial charge in [0, 0.05) is 25.7 Å². The third kappa shape index (κ3) is 6.28. The minimum absolute atomic E-state index is 0.134. The number of hydrogen-bond donors (Lipinski definition) is 1. The largest absolute Gasteiger partial charge is 0.337 e. The first-order valence-corrected chi connectivity index (χ1v) is 9.67. The Morgan fingerprint density at radius 2 is 1.60 bits per heavy atom. The molecule has 0 spiro atoms. The van der Waals surface area contributed by atoms with Crippen LogP contribution in [0.15, 0.2) is 48.5 Å². The molecular weight excluding hydrogens is 343 g/mol. The Hall–Kier alpha value is -2.25. The third-order valence-corrected chi connectivity index (χ3v) is 4.39. The highest BCUT2D eigenvalue weighted by Crippen LogP contribution is 2.11. The predicted molar refractivity (Wildman–Crippen MR) is 95.2 cm³/mol. The van der Waals surface area contributed by atoms with Crippen LogP contribution in [0.1, 0.15) is 21.5 Å². The maximum Gasteiger partial charge on any atom is 0.253 e. The minimum Gasteiger partial charge on any atom is -0.337 e. The van der Waals surface area contributed by atoms with Crippen LogP contribution >= 0.6 is 0 Å². The van der Waals surface area contributed by atoms with Crippen LogP contribution in [-0.2, 0) is 23.0 Å². The van der Waals surface area contributed by atoms with E-state index in [1.54, 1.807) is 36.2 Å². The number of sulfonamides is 1. The van der Waals surface area contributed by atoms with Crippen molar-refractivity contribution in [2.24, 2.45) is 0 Å². The first kappa shape index (κ1) is 19.1. The standard InChI is InChI=1S/C18H21FN2O3S/c1-21(13-15-5-9-17(19)10-6-15)18(22)16-7-3-14(4-8-16)11-12-20-25(2,23)24/h3-10,20H,11-13H2,1-2H3. The topological polar surface area (TPSA) is 66.5 Å². The highest BCUT2D eigenvalue weighted by Gasteiger charge is 2.12. The van der Waals surface area contributed by atoms with Crippen LogP contribution in [-0.4, -0.2) is 39.1 Å². The van der Waals surface area contributed by atoms with Crippen molar-refractivity contribution in [2.45, 2.75) is 13.0 Å². The van der Waals surface area contributed by atoms with Gasteiger partial charge in [0.25, 0.3) is 5.91 Å². The predicted octanol–water partition coefficient (Wildman–Crippen LogP) is 2.19. The normalized spacial score (nSPS) is 11.3. The quantitative estimate of drug-likeness (QED) is 0.819. The number of halogens is 1. The highest BCUT2D eigenvalue weighted by molar-refractivity contribution is 7.88. The zero-order valence-electron chi connectivity index (χ0n) is 14.2. The number of benzene rings is 2. The lowest BCUT2D eigenvalue weighted by molar-refractivity contribution is 0.0785.